The van der Waals surface area contributed by atoms with Gasteiger partial charge in [-0.3, -0.25) is 0 Å². The van der Waals surface area contributed by atoms with Crippen molar-refractivity contribution in [2.24, 2.45) is 0 Å². The molecule has 2 heteroatoms. The van der Waals surface area contributed by atoms with E-state index >= 15 is 0 Å². The summed E-state index contributed by atoms with van der Waals surface area (Å²) in [5, 5.41) is 0. The van der Waals surface area contributed by atoms with Gasteiger partial charge in [0.25, 0.3) is 0 Å². The summed E-state index contributed by atoms with van der Waals surface area (Å²) in [4.78, 5) is 2.44. The maximum absolute atomic E-state index is 7.45. The Hall–Kier alpha value is -6.64. The zero-order valence-electron chi connectivity index (χ0n) is 32.1. The Balaban J connectivity index is 1.18. The van der Waals surface area contributed by atoms with Gasteiger partial charge in [0.05, 0.1) is 5.69 Å². The van der Waals surface area contributed by atoms with Crippen molar-refractivity contribution in [3.63, 3.8) is 0 Å². The SMILES string of the molecule is CC1(C)c2ccccc2-c2ccc(N(c3ccc4c(c3)C(C)(C)c3ccccc3-4)c3cccc4c3Oc3c(-c5ccccc5)cccc3-c3ccccc3-4)cc21. The first kappa shape index (κ1) is 32.8. The molecule has 8 aromatic carbocycles. The third-order valence-corrected chi connectivity index (χ3v) is 12.7. The van der Waals surface area contributed by atoms with E-state index < -0.39 is 0 Å². The number of ether oxygens (including phenoxy) is 1. The van der Waals surface area contributed by atoms with E-state index in [9.17, 15) is 0 Å². The van der Waals surface area contributed by atoms with Gasteiger partial charge < -0.3 is 9.64 Å². The summed E-state index contributed by atoms with van der Waals surface area (Å²) < 4.78 is 7.45. The van der Waals surface area contributed by atoms with Gasteiger partial charge in [0.1, 0.15) is 5.75 Å². The van der Waals surface area contributed by atoms with Crippen LogP contribution >= 0.6 is 0 Å². The van der Waals surface area contributed by atoms with Crippen LogP contribution in [0.1, 0.15) is 49.9 Å². The predicted molar refractivity (Wildman–Crippen MR) is 233 cm³/mol. The van der Waals surface area contributed by atoms with Gasteiger partial charge in [-0.2, -0.15) is 0 Å². The topological polar surface area (TPSA) is 12.5 Å². The highest BCUT2D eigenvalue weighted by Crippen LogP contribution is 2.57. The van der Waals surface area contributed by atoms with Crippen LogP contribution < -0.4 is 9.64 Å². The second kappa shape index (κ2) is 11.9. The summed E-state index contributed by atoms with van der Waals surface area (Å²) in [5.41, 5.74) is 20.2. The molecule has 0 radical (unpaired) electrons. The van der Waals surface area contributed by atoms with Gasteiger partial charge in [0.15, 0.2) is 5.75 Å². The van der Waals surface area contributed by atoms with Crippen LogP contribution in [0.5, 0.6) is 11.5 Å². The van der Waals surface area contributed by atoms with Gasteiger partial charge >= 0.3 is 0 Å². The Kier molecular flexibility index (Phi) is 6.98. The molecule has 0 fully saturated rings. The first-order chi connectivity index (χ1) is 27.3. The van der Waals surface area contributed by atoms with Gasteiger partial charge in [-0.05, 0) is 91.5 Å². The van der Waals surface area contributed by atoms with Gasteiger partial charge in [-0.25, -0.2) is 0 Å². The molecule has 1 aliphatic heterocycles. The minimum absolute atomic E-state index is 0.151. The number of anilines is 3. The molecule has 1 heterocycles. The number of fused-ring (bicyclic) bond motifs is 11. The van der Waals surface area contributed by atoms with Crippen molar-refractivity contribution in [2.45, 2.75) is 38.5 Å². The van der Waals surface area contributed by atoms with Crippen molar-refractivity contribution < 1.29 is 4.74 Å². The summed E-state index contributed by atoms with van der Waals surface area (Å²) >= 11 is 0. The molecule has 0 atom stereocenters. The summed E-state index contributed by atoms with van der Waals surface area (Å²) in [7, 11) is 0. The van der Waals surface area contributed by atoms with Gasteiger partial charge in [0.2, 0.25) is 0 Å². The van der Waals surface area contributed by atoms with Crippen molar-refractivity contribution in [2.75, 3.05) is 4.90 Å². The minimum atomic E-state index is -0.151. The van der Waals surface area contributed by atoms with Crippen LogP contribution in [0.15, 0.2) is 176 Å². The van der Waals surface area contributed by atoms with E-state index in [2.05, 4.69) is 209 Å². The molecule has 2 nitrogen and oxygen atoms in total. The lowest BCUT2D eigenvalue weighted by atomic mass is 9.82. The van der Waals surface area contributed by atoms with Gasteiger partial charge in [-0.15, -0.1) is 0 Å². The second-order valence-corrected chi connectivity index (χ2v) is 16.5. The van der Waals surface area contributed by atoms with Crippen molar-refractivity contribution in [3.8, 4) is 67.1 Å². The molecule has 0 amide bonds. The predicted octanol–water partition coefficient (Wildman–Crippen LogP) is 14.9. The van der Waals surface area contributed by atoms with Crippen LogP contribution in [0, 0.1) is 0 Å². The molecular formula is C54H41NO. The average Bonchev–Trinajstić information content (AvgIpc) is 3.53. The molecule has 0 aromatic heterocycles. The Morgan fingerprint density at radius 3 is 1.34 bits per heavy atom. The monoisotopic (exact) mass is 719 g/mol. The lowest BCUT2D eigenvalue weighted by molar-refractivity contribution is 0.490. The summed E-state index contributed by atoms with van der Waals surface area (Å²) in [6, 6.07) is 64.4. The van der Waals surface area contributed by atoms with E-state index in [1.54, 1.807) is 0 Å². The van der Waals surface area contributed by atoms with Crippen molar-refractivity contribution in [3.05, 3.63) is 198 Å². The zero-order chi connectivity index (χ0) is 37.8. The number of rotatable bonds is 4. The fraction of sp³-hybridized carbons (Fsp3) is 0.111. The average molecular weight is 720 g/mol. The molecule has 2 aliphatic carbocycles. The molecule has 3 aliphatic rings. The molecule has 0 saturated heterocycles. The summed E-state index contributed by atoms with van der Waals surface area (Å²) in [6.45, 7) is 9.43. The number of hydrogen-bond acceptors (Lipinski definition) is 2. The normalized spacial score (nSPS) is 14.5. The minimum Gasteiger partial charge on any atom is -0.453 e. The van der Waals surface area contributed by atoms with E-state index in [4.69, 9.17) is 4.74 Å². The molecule has 11 rings (SSSR count). The highest BCUT2D eigenvalue weighted by atomic mass is 16.5. The van der Waals surface area contributed by atoms with Gasteiger partial charge in [-0.1, -0.05) is 173 Å². The molecule has 268 valence electrons. The van der Waals surface area contributed by atoms with E-state index in [1.807, 2.05) is 0 Å². The van der Waals surface area contributed by atoms with E-state index in [1.165, 1.54) is 44.5 Å². The highest BCUT2D eigenvalue weighted by molar-refractivity contribution is 5.98. The summed E-state index contributed by atoms with van der Waals surface area (Å²) in [5.74, 6) is 1.71. The smallest absolute Gasteiger partial charge is 0.159 e. The largest absolute Gasteiger partial charge is 0.453 e. The van der Waals surface area contributed by atoms with E-state index in [0.29, 0.717) is 0 Å². The Morgan fingerprint density at radius 2 is 0.768 bits per heavy atom. The fourth-order valence-electron chi connectivity index (χ4n) is 9.87. The fourth-order valence-corrected chi connectivity index (χ4v) is 9.87. The lowest BCUT2D eigenvalue weighted by Crippen LogP contribution is -2.18. The van der Waals surface area contributed by atoms with E-state index in [0.717, 1.165) is 61.9 Å². The molecule has 0 saturated carbocycles. The molecular weight excluding hydrogens is 679 g/mol. The van der Waals surface area contributed by atoms with Crippen LogP contribution in [0.3, 0.4) is 0 Å². The standard InChI is InChI=1S/C54H41NO/c1-53(2)46-25-12-10-20-40(46)42-30-28-35(32-48(42)53)55(36-29-31-43-41-21-11-13-26-47(41)54(3,4)49(43)33-36)50-27-15-24-45-39-19-9-8-18-38(39)44-23-14-22-37(51(44)56-52(45)50)34-16-6-5-7-17-34/h5-33H,1-4H3. The van der Waals surface area contributed by atoms with Crippen LogP contribution in [-0.2, 0) is 10.8 Å². The first-order valence-electron chi connectivity index (χ1n) is 19.7. The Morgan fingerprint density at radius 1 is 0.339 bits per heavy atom. The number of para-hydroxylation sites is 2. The maximum atomic E-state index is 7.45. The van der Waals surface area contributed by atoms with Crippen molar-refractivity contribution >= 4 is 17.1 Å². The first-order valence-corrected chi connectivity index (χ1v) is 19.7. The van der Waals surface area contributed by atoms with Crippen LogP contribution in [0.2, 0.25) is 0 Å². The quantitative estimate of drug-likeness (QED) is 0.180. The second-order valence-electron chi connectivity index (χ2n) is 16.5. The zero-order valence-corrected chi connectivity index (χ0v) is 32.1. The van der Waals surface area contributed by atoms with Crippen molar-refractivity contribution in [1.29, 1.82) is 0 Å². The van der Waals surface area contributed by atoms with E-state index in [-0.39, 0.29) is 10.8 Å². The molecule has 8 aromatic rings. The number of benzene rings is 8. The Labute approximate surface area is 329 Å². The molecule has 0 unspecified atom stereocenters. The molecule has 56 heavy (non-hydrogen) atoms. The summed E-state index contributed by atoms with van der Waals surface area (Å²) in [6.07, 6.45) is 0. The third kappa shape index (κ3) is 4.62. The number of hydrogen-bond donors (Lipinski definition) is 0. The molecule has 0 spiro atoms. The van der Waals surface area contributed by atoms with Crippen LogP contribution in [-0.4, -0.2) is 0 Å². The van der Waals surface area contributed by atoms with Crippen molar-refractivity contribution in [1.82, 2.24) is 0 Å². The third-order valence-electron chi connectivity index (χ3n) is 12.7. The number of nitrogens with zero attached hydrogens (tertiary/aromatic N) is 1. The van der Waals surface area contributed by atoms with Crippen LogP contribution in [0.25, 0.3) is 55.6 Å². The van der Waals surface area contributed by atoms with Gasteiger partial charge in [0, 0.05) is 38.9 Å². The molecule has 0 bridgehead atoms. The Bertz CT molecular complexity index is 2790. The lowest BCUT2D eigenvalue weighted by Gasteiger charge is -2.31. The molecule has 0 N–H and O–H groups in total. The maximum Gasteiger partial charge on any atom is 0.159 e. The highest BCUT2D eigenvalue weighted by Gasteiger charge is 2.38. The van der Waals surface area contributed by atoms with Crippen LogP contribution in [0.4, 0.5) is 17.1 Å².